The van der Waals surface area contributed by atoms with Crippen molar-refractivity contribution in [1.29, 1.82) is 0 Å². The molecule has 0 unspecified atom stereocenters. The van der Waals surface area contributed by atoms with Crippen molar-refractivity contribution in [2.45, 2.75) is 6.92 Å². The van der Waals surface area contributed by atoms with Gasteiger partial charge in [-0.15, -0.1) is 0 Å². The van der Waals surface area contributed by atoms with Crippen molar-refractivity contribution in [2.24, 2.45) is 5.73 Å². The minimum absolute atomic E-state index is 0. The molecule has 0 rings (SSSR count). The molecule has 3 N–H and O–H groups in total. The summed E-state index contributed by atoms with van der Waals surface area (Å²) in [7, 11) is 0. The van der Waals surface area contributed by atoms with Crippen LogP contribution in [0.5, 0.6) is 0 Å². The number of nitrogens with one attached hydrogen (secondary N) is 1. The van der Waals surface area contributed by atoms with E-state index >= 15 is 0 Å². The molecule has 0 heterocycles. The SMILES string of the molecule is CC(=O)NCCN.[LiH]. The van der Waals surface area contributed by atoms with Crippen molar-refractivity contribution in [2.75, 3.05) is 13.1 Å². The van der Waals surface area contributed by atoms with Crippen LogP contribution in [0.3, 0.4) is 0 Å². The number of amides is 1. The number of rotatable bonds is 2. The summed E-state index contributed by atoms with van der Waals surface area (Å²) in [5, 5.41) is 2.53. The number of nitrogens with two attached hydrogens (primary N) is 1. The third-order valence-corrected chi connectivity index (χ3v) is 0.518. The quantitative estimate of drug-likeness (QED) is 0.422. The number of hydrogen-bond acceptors (Lipinski definition) is 2. The molecule has 44 valence electrons. The molecule has 0 saturated heterocycles. The number of hydrogen-bond donors (Lipinski definition) is 2. The Morgan fingerprint density at radius 2 is 2.25 bits per heavy atom. The average Bonchev–Trinajstić information content (AvgIpc) is 1.61. The third-order valence-electron chi connectivity index (χ3n) is 0.518. The Morgan fingerprint density at radius 1 is 1.75 bits per heavy atom. The topological polar surface area (TPSA) is 55.1 Å². The molecule has 8 heavy (non-hydrogen) atoms. The summed E-state index contributed by atoms with van der Waals surface area (Å²) in [6.45, 7) is 2.56. The summed E-state index contributed by atoms with van der Waals surface area (Å²) in [4.78, 5) is 10.0. The van der Waals surface area contributed by atoms with E-state index in [1.807, 2.05) is 0 Å². The van der Waals surface area contributed by atoms with Gasteiger partial charge in [0.2, 0.25) is 5.91 Å². The van der Waals surface area contributed by atoms with Crippen LogP contribution in [-0.2, 0) is 4.79 Å². The third kappa shape index (κ3) is 9.39. The van der Waals surface area contributed by atoms with Gasteiger partial charge in [0.1, 0.15) is 0 Å². The fraction of sp³-hybridized carbons (Fsp3) is 0.750. The molecule has 1 amide bonds. The van der Waals surface area contributed by atoms with Crippen LogP contribution in [-0.4, -0.2) is 37.9 Å². The first kappa shape index (κ1) is 10.9. The normalized spacial score (nSPS) is 7.25. The first-order valence-electron chi connectivity index (χ1n) is 2.22. The molecule has 0 aromatic carbocycles. The van der Waals surface area contributed by atoms with E-state index in [4.69, 9.17) is 5.73 Å². The van der Waals surface area contributed by atoms with Gasteiger partial charge in [-0.25, -0.2) is 0 Å². The Bertz CT molecular complexity index is 67.1. The Kier molecular flexibility index (Phi) is 9.59. The van der Waals surface area contributed by atoms with Crippen LogP contribution < -0.4 is 11.1 Å². The van der Waals surface area contributed by atoms with Crippen LogP contribution >= 0.6 is 0 Å². The van der Waals surface area contributed by atoms with Crippen molar-refractivity contribution >= 4 is 24.8 Å². The van der Waals surface area contributed by atoms with Gasteiger partial charge in [-0.3, -0.25) is 4.79 Å². The molecule has 0 spiro atoms. The zero-order valence-electron chi connectivity index (χ0n) is 4.40. The summed E-state index contributed by atoms with van der Waals surface area (Å²) in [6, 6.07) is 0. The maximum absolute atomic E-state index is 10.0. The van der Waals surface area contributed by atoms with Crippen LogP contribution in [0.25, 0.3) is 0 Å². The van der Waals surface area contributed by atoms with Gasteiger partial charge in [0, 0.05) is 20.0 Å². The second-order valence-corrected chi connectivity index (χ2v) is 1.27. The van der Waals surface area contributed by atoms with Crippen LogP contribution in [0.2, 0.25) is 0 Å². The minimum atomic E-state index is -0.0227. The molecule has 0 radical (unpaired) electrons. The molecular weight excluding hydrogens is 99.0 g/mol. The van der Waals surface area contributed by atoms with E-state index in [1.54, 1.807) is 0 Å². The van der Waals surface area contributed by atoms with E-state index in [0.717, 1.165) is 0 Å². The monoisotopic (exact) mass is 110 g/mol. The fourth-order valence-corrected chi connectivity index (χ4v) is 0.248. The summed E-state index contributed by atoms with van der Waals surface area (Å²) in [5.74, 6) is -0.0227. The molecule has 4 heteroatoms. The van der Waals surface area contributed by atoms with E-state index in [1.165, 1.54) is 6.92 Å². The predicted octanol–water partition coefficient (Wildman–Crippen LogP) is -1.57. The van der Waals surface area contributed by atoms with E-state index in [0.29, 0.717) is 13.1 Å². The molecule has 0 bridgehead atoms. The van der Waals surface area contributed by atoms with Crippen molar-refractivity contribution in [3.63, 3.8) is 0 Å². The Hall–Kier alpha value is 0.0274. The first-order chi connectivity index (χ1) is 3.27. The molecule has 0 fully saturated rings. The molecule has 0 aromatic rings. The Labute approximate surface area is 61.2 Å². The second kappa shape index (κ2) is 7.03. The first-order valence-corrected chi connectivity index (χ1v) is 2.22. The molecule has 3 nitrogen and oxygen atoms in total. The van der Waals surface area contributed by atoms with Gasteiger partial charge in [-0.1, -0.05) is 0 Å². The van der Waals surface area contributed by atoms with Crippen molar-refractivity contribution in [3.8, 4) is 0 Å². The van der Waals surface area contributed by atoms with E-state index < -0.39 is 0 Å². The fourth-order valence-electron chi connectivity index (χ4n) is 0.248. The maximum atomic E-state index is 10.0. The molecule has 0 saturated carbocycles. The summed E-state index contributed by atoms with van der Waals surface area (Å²) in [6.07, 6.45) is 0. The van der Waals surface area contributed by atoms with E-state index in [-0.39, 0.29) is 24.8 Å². The molecule has 0 aliphatic carbocycles. The van der Waals surface area contributed by atoms with Gasteiger partial charge in [-0.05, 0) is 0 Å². The van der Waals surface area contributed by atoms with Crippen LogP contribution in [0.4, 0.5) is 0 Å². The van der Waals surface area contributed by atoms with Crippen LogP contribution in [0.15, 0.2) is 0 Å². The predicted molar refractivity (Wildman–Crippen MR) is 34.9 cm³/mol. The number of carbonyl (C=O) groups is 1. The molecule has 0 aromatic heterocycles. The van der Waals surface area contributed by atoms with Crippen LogP contribution in [0, 0.1) is 0 Å². The standard InChI is InChI=1S/C4H10N2O.Li.H/c1-4(7)6-3-2-5;;/h2-3,5H2,1H3,(H,6,7);;. The average molecular weight is 110 g/mol. The molecular formula is C4H11LiN2O. The number of carbonyl (C=O) groups excluding carboxylic acids is 1. The van der Waals surface area contributed by atoms with Gasteiger partial charge < -0.3 is 11.1 Å². The Balaban J connectivity index is 0. The van der Waals surface area contributed by atoms with Gasteiger partial charge in [0.15, 0.2) is 0 Å². The van der Waals surface area contributed by atoms with Gasteiger partial charge in [0.05, 0.1) is 0 Å². The van der Waals surface area contributed by atoms with Gasteiger partial charge in [0.25, 0.3) is 0 Å². The van der Waals surface area contributed by atoms with Crippen molar-refractivity contribution in [3.05, 3.63) is 0 Å². The Morgan fingerprint density at radius 3 is 2.38 bits per heavy atom. The summed E-state index contributed by atoms with van der Waals surface area (Å²) >= 11 is 0. The molecule has 0 aliphatic heterocycles. The zero-order chi connectivity index (χ0) is 5.70. The molecule has 0 aliphatic rings. The second-order valence-electron chi connectivity index (χ2n) is 1.27. The molecule has 0 atom stereocenters. The van der Waals surface area contributed by atoms with Crippen molar-refractivity contribution < 1.29 is 4.79 Å². The van der Waals surface area contributed by atoms with Crippen LogP contribution in [0.1, 0.15) is 6.92 Å². The summed E-state index contributed by atoms with van der Waals surface area (Å²) < 4.78 is 0. The summed E-state index contributed by atoms with van der Waals surface area (Å²) in [5.41, 5.74) is 5.06. The van der Waals surface area contributed by atoms with E-state index in [9.17, 15) is 4.79 Å². The zero-order valence-corrected chi connectivity index (χ0v) is 4.40. The van der Waals surface area contributed by atoms with E-state index in [2.05, 4.69) is 5.32 Å². The van der Waals surface area contributed by atoms with Gasteiger partial charge in [-0.2, -0.15) is 0 Å². The van der Waals surface area contributed by atoms with Gasteiger partial charge >= 0.3 is 18.9 Å². The van der Waals surface area contributed by atoms with Crippen molar-refractivity contribution in [1.82, 2.24) is 5.32 Å².